The van der Waals surface area contributed by atoms with Gasteiger partial charge in [0.25, 0.3) is 5.91 Å². The van der Waals surface area contributed by atoms with Crippen molar-refractivity contribution in [3.63, 3.8) is 0 Å². The summed E-state index contributed by atoms with van der Waals surface area (Å²) in [7, 11) is 0. The van der Waals surface area contributed by atoms with Crippen LogP contribution in [0.15, 0.2) is 28.4 Å². The minimum atomic E-state index is -0.566. The number of amides is 1. The Morgan fingerprint density at radius 1 is 1.24 bits per heavy atom. The van der Waals surface area contributed by atoms with Gasteiger partial charge in [0.2, 0.25) is 0 Å². The third kappa shape index (κ3) is 5.27. The normalized spacial score (nSPS) is 13.3. The highest BCUT2D eigenvalue weighted by atomic mass is 35.5. The Morgan fingerprint density at radius 3 is 2.38 bits per heavy atom. The Kier molecular flexibility index (Phi) is 5.61. The lowest BCUT2D eigenvalue weighted by Crippen LogP contribution is -2.28. The monoisotopic (exact) mass is 311 g/mol. The Balaban J connectivity index is 2.81. The van der Waals surface area contributed by atoms with E-state index in [1.165, 1.54) is 12.1 Å². The first kappa shape index (κ1) is 17.3. The van der Waals surface area contributed by atoms with E-state index in [0.29, 0.717) is 5.84 Å². The molecule has 4 nitrogen and oxygen atoms in total. The molecule has 114 valence electrons. The van der Waals surface area contributed by atoms with E-state index < -0.39 is 11.7 Å². The van der Waals surface area contributed by atoms with E-state index in [2.05, 4.69) is 15.5 Å². The first-order valence-electron chi connectivity index (χ1n) is 6.47. The zero-order valence-electron chi connectivity index (χ0n) is 12.8. The van der Waals surface area contributed by atoms with Gasteiger partial charge < -0.3 is 5.32 Å². The number of benzene rings is 1. The second-order valence-corrected chi connectivity index (χ2v) is 6.11. The molecule has 1 rings (SSSR count). The molecule has 0 heterocycles. The van der Waals surface area contributed by atoms with Crippen molar-refractivity contribution in [3.8, 4) is 0 Å². The van der Waals surface area contributed by atoms with Gasteiger partial charge in [-0.05, 0) is 32.0 Å². The second kappa shape index (κ2) is 6.80. The van der Waals surface area contributed by atoms with Gasteiger partial charge in [-0.1, -0.05) is 32.4 Å². The average molecular weight is 312 g/mol. The largest absolute Gasteiger partial charge is 0.309 e. The van der Waals surface area contributed by atoms with Gasteiger partial charge in [-0.2, -0.15) is 5.10 Å². The zero-order chi connectivity index (χ0) is 16.2. The number of nitrogens with one attached hydrogen (secondary N) is 1. The van der Waals surface area contributed by atoms with Gasteiger partial charge in [0, 0.05) is 16.7 Å². The second-order valence-electron chi connectivity index (χ2n) is 5.70. The summed E-state index contributed by atoms with van der Waals surface area (Å²) in [6.45, 7) is 9.57. The molecule has 21 heavy (non-hydrogen) atoms. The summed E-state index contributed by atoms with van der Waals surface area (Å²) in [5.41, 5.74) is 1.02. The van der Waals surface area contributed by atoms with Gasteiger partial charge in [-0.25, -0.2) is 4.39 Å². The molecule has 0 aliphatic rings. The Hall–Kier alpha value is -1.75. The lowest BCUT2D eigenvalue weighted by molar-refractivity contribution is 0.0976. The molecule has 0 radical (unpaired) electrons. The molecule has 0 bridgehead atoms. The fourth-order valence-corrected chi connectivity index (χ4v) is 1.38. The minimum Gasteiger partial charge on any atom is -0.309 e. The number of carbonyl (C=O) groups excluding carboxylic acids is 1. The predicted molar refractivity (Wildman–Crippen MR) is 84.5 cm³/mol. The summed E-state index contributed by atoms with van der Waals surface area (Å²) in [6.07, 6.45) is 0. The molecular weight excluding hydrogens is 293 g/mol. The minimum absolute atomic E-state index is 0.0850. The fraction of sp³-hybridized carbons (Fsp3) is 0.400. The SMILES string of the molecule is C/C(=N\N=C(/C)C(C)(C)C)NC(=O)c1ccc(F)c(Cl)c1. The number of carbonyl (C=O) groups is 1. The summed E-state index contributed by atoms with van der Waals surface area (Å²) in [6, 6.07) is 3.77. The van der Waals surface area contributed by atoms with Crippen LogP contribution in [-0.2, 0) is 0 Å². The predicted octanol–water partition coefficient (Wildman–Crippen LogP) is 4.05. The number of hydrogen-bond acceptors (Lipinski definition) is 3. The van der Waals surface area contributed by atoms with Crippen LogP contribution in [0.4, 0.5) is 4.39 Å². The summed E-state index contributed by atoms with van der Waals surface area (Å²) in [5, 5.41) is 10.5. The third-order valence-electron chi connectivity index (χ3n) is 2.91. The van der Waals surface area contributed by atoms with E-state index in [4.69, 9.17) is 11.6 Å². The topological polar surface area (TPSA) is 53.8 Å². The average Bonchev–Trinajstić information content (AvgIpc) is 2.37. The zero-order valence-corrected chi connectivity index (χ0v) is 13.5. The van der Waals surface area contributed by atoms with E-state index >= 15 is 0 Å². The number of nitrogens with zero attached hydrogens (tertiary/aromatic N) is 2. The number of halogens is 2. The quantitative estimate of drug-likeness (QED) is 0.500. The lowest BCUT2D eigenvalue weighted by Gasteiger charge is -2.16. The van der Waals surface area contributed by atoms with Crippen LogP contribution >= 0.6 is 11.6 Å². The van der Waals surface area contributed by atoms with Crippen molar-refractivity contribution in [1.29, 1.82) is 0 Å². The summed E-state index contributed by atoms with van der Waals surface area (Å²) in [4.78, 5) is 11.9. The van der Waals surface area contributed by atoms with Crippen LogP contribution in [0, 0.1) is 11.2 Å². The van der Waals surface area contributed by atoms with Crippen LogP contribution in [0.25, 0.3) is 0 Å². The maximum Gasteiger partial charge on any atom is 0.256 e. The van der Waals surface area contributed by atoms with Crippen LogP contribution in [0.5, 0.6) is 0 Å². The van der Waals surface area contributed by atoms with Gasteiger partial charge in [0.15, 0.2) is 0 Å². The maximum absolute atomic E-state index is 13.0. The van der Waals surface area contributed by atoms with Gasteiger partial charge in [0.05, 0.1) is 5.02 Å². The molecule has 1 N–H and O–H groups in total. The van der Waals surface area contributed by atoms with Crippen molar-refractivity contribution >= 4 is 29.1 Å². The summed E-state index contributed by atoms with van der Waals surface area (Å²) < 4.78 is 13.0. The molecule has 6 heteroatoms. The molecule has 0 aliphatic heterocycles. The van der Waals surface area contributed by atoms with Crippen molar-refractivity contribution in [3.05, 3.63) is 34.6 Å². The van der Waals surface area contributed by atoms with Crippen molar-refractivity contribution in [2.45, 2.75) is 34.6 Å². The van der Waals surface area contributed by atoms with E-state index in [-0.39, 0.29) is 16.0 Å². The molecule has 0 spiro atoms. The number of hydrogen-bond donors (Lipinski definition) is 1. The Labute approximate surface area is 129 Å². The van der Waals surface area contributed by atoms with E-state index in [1.54, 1.807) is 6.92 Å². The highest BCUT2D eigenvalue weighted by Crippen LogP contribution is 2.16. The third-order valence-corrected chi connectivity index (χ3v) is 3.20. The first-order valence-corrected chi connectivity index (χ1v) is 6.85. The molecule has 1 amide bonds. The molecule has 0 saturated carbocycles. The molecule has 0 atom stereocenters. The van der Waals surface area contributed by atoms with E-state index in [0.717, 1.165) is 11.8 Å². The maximum atomic E-state index is 13.0. The van der Waals surface area contributed by atoms with Gasteiger partial charge in [-0.15, -0.1) is 5.10 Å². The highest BCUT2D eigenvalue weighted by Gasteiger charge is 2.14. The molecule has 0 unspecified atom stereocenters. The van der Waals surface area contributed by atoms with Gasteiger partial charge in [0.1, 0.15) is 11.7 Å². The standard InChI is InChI=1S/C15H19ClFN3O/c1-9(15(3,4)5)19-20-10(2)18-14(21)11-6-7-13(17)12(16)8-11/h6-8H,1-5H3,(H,18,20,21)/b19-9+. The molecule has 0 aliphatic carbocycles. The summed E-state index contributed by atoms with van der Waals surface area (Å²) >= 11 is 5.64. The number of amidine groups is 1. The molecular formula is C15H19ClFN3O. The van der Waals surface area contributed by atoms with Crippen LogP contribution in [0.1, 0.15) is 45.0 Å². The van der Waals surface area contributed by atoms with Crippen LogP contribution in [0.2, 0.25) is 5.02 Å². The lowest BCUT2D eigenvalue weighted by atomic mass is 9.91. The van der Waals surface area contributed by atoms with E-state index in [1.807, 2.05) is 27.7 Å². The molecule has 0 saturated heterocycles. The molecule has 0 fully saturated rings. The first-order chi connectivity index (χ1) is 9.61. The Morgan fingerprint density at radius 2 is 1.86 bits per heavy atom. The van der Waals surface area contributed by atoms with Crippen LogP contribution < -0.4 is 5.32 Å². The fourth-order valence-electron chi connectivity index (χ4n) is 1.20. The van der Waals surface area contributed by atoms with Crippen molar-refractivity contribution in [2.75, 3.05) is 0 Å². The van der Waals surface area contributed by atoms with E-state index in [9.17, 15) is 9.18 Å². The van der Waals surface area contributed by atoms with Crippen LogP contribution in [-0.4, -0.2) is 17.5 Å². The van der Waals surface area contributed by atoms with Crippen molar-refractivity contribution in [2.24, 2.45) is 15.6 Å². The Bertz CT molecular complexity index is 603. The van der Waals surface area contributed by atoms with Gasteiger partial charge >= 0.3 is 0 Å². The van der Waals surface area contributed by atoms with Gasteiger partial charge in [-0.3, -0.25) is 4.79 Å². The molecule has 0 aromatic heterocycles. The van der Waals surface area contributed by atoms with Crippen molar-refractivity contribution in [1.82, 2.24) is 5.32 Å². The number of rotatable bonds is 2. The molecule has 1 aromatic rings. The highest BCUT2D eigenvalue weighted by molar-refractivity contribution is 6.31. The smallest absolute Gasteiger partial charge is 0.256 e. The molecule has 1 aromatic carbocycles. The van der Waals surface area contributed by atoms with Crippen molar-refractivity contribution < 1.29 is 9.18 Å². The summed E-state index contributed by atoms with van der Waals surface area (Å²) in [5.74, 6) is -0.630. The van der Waals surface area contributed by atoms with Crippen LogP contribution in [0.3, 0.4) is 0 Å².